The van der Waals surface area contributed by atoms with Crippen molar-refractivity contribution in [1.82, 2.24) is 15.1 Å². The van der Waals surface area contributed by atoms with Crippen molar-refractivity contribution in [3.05, 3.63) is 41.1 Å². The molecule has 0 bridgehead atoms. The lowest BCUT2D eigenvalue weighted by Gasteiger charge is -2.11. The van der Waals surface area contributed by atoms with Gasteiger partial charge in [-0.1, -0.05) is 31.5 Å². The van der Waals surface area contributed by atoms with Gasteiger partial charge in [0.1, 0.15) is 11.6 Å². The van der Waals surface area contributed by atoms with E-state index in [4.69, 9.17) is 9.51 Å². The molecule has 0 unspecified atom stereocenters. The number of allylic oxidation sites excluding steroid dienone is 2. The van der Waals surface area contributed by atoms with Crippen LogP contribution in [-0.4, -0.2) is 15.1 Å². The van der Waals surface area contributed by atoms with E-state index in [2.05, 4.69) is 42.2 Å². The highest BCUT2D eigenvalue weighted by atomic mass is 16.5. The Labute approximate surface area is 154 Å². The first kappa shape index (κ1) is 17.1. The van der Waals surface area contributed by atoms with Crippen LogP contribution in [0.1, 0.15) is 74.7 Å². The molecule has 0 saturated heterocycles. The SMILES string of the molecule is CC/C=C(/CCC)c1cc(-c2c(C)noc2C)cc2[nH]c(C3CC3)nc12. The summed E-state index contributed by atoms with van der Waals surface area (Å²) in [5.74, 6) is 2.62. The summed E-state index contributed by atoms with van der Waals surface area (Å²) in [4.78, 5) is 8.58. The number of aromatic nitrogens is 3. The van der Waals surface area contributed by atoms with Crippen molar-refractivity contribution < 1.29 is 4.52 Å². The van der Waals surface area contributed by atoms with Crippen LogP contribution in [0.2, 0.25) is 0 Å². The molecule has 0 spiro atoms. The maximum Gasteiger partial charge on any atom is 0.141 e. The van der Waals surface area contributed by atoms with Gasteiger partial charge < -0.3 is 9.51 Å². The third kappa shape index (κ3) is 2.98. The Kier molecular flexibility index (Phi) is 4.43. The number of hydrogen-bond acceptors (Lipinski definition) is 3. The van der Waals surface area contributed by atoms with Gasteiger partial charge in [0.05, 0.1) is 16.7 Å². The van der Waals surface area contributed by atoms with E-state index in [9.17, 15) is 0 Å². The number of benzene rings is 1. The number of rotatable bonds is 6. The molecule has 26 heavy (non-hydrogen) atoms. The molecule has 3 aromatic rings. The number of H-pyrrole nitrogens is 1. The van der Waals surface area contributed by atoms with Crippen LogP contribution in [0.4, 0.5) is 0 Å². The third-order valence-electron chi connectivity index (χ3n) is 5.21. The first-order chi connectivity index (χ1) is 12.6. The quantitative estimate of drug-likeness (QED) is 0.567. The topological polar surface area (TPSA) is 54.7 Å². The zero-order valence-corrected chi connectivity index (χ0v) is 16.1. The Morgan fingerprint density at radius 3 is 2.69 bits per heavy atom. The highest BCUT2D eigenvalue weighted by Gasteiger charge is 2.28. The molecule has 2 aromatic heterocycles. The Morgan fingerprint density at radius 2 is 2.08 bits per heavy atom. The molecule has 0 atom stereocenters. The number of nitrogens with one attached hydrogen (secondary N) is 1. The van der Waals surface area contributed by atoms with Crippen LogP contribution in [0, 0.1) is 13.8 Å². The number of hydrogen-bond donors (Lipinski definition) is 1. The van der Waals surface area contributed by atoms with E-state index >= 15 is 0 Å². The molecule has 1 aliphatic rings. The van der Waals surface area contributed by atoms with E-state index in [0.717, 1.165) is 58.7 Å². The Morgan fingerprint density at radius 1 is 1.27 bits per heavy atom. The van der Waals surface area contributed by atoms with Gasteiger partial charge in [0.25, 0.3) is 0 Å². The first-order valence-electron chi connectivity index (χ1n) is 9.78. The van der Waals surface area contributed by atoms with Gasteiger partial charge in [-0.15, -0.1) is 0 Å². The molecular weight excluding hydrogens is 322 g/mol. The summed E-state index contributed by atoms with van der Waals surface area (Å²) < 4.78 is 5.42. The minimum atomic E-state index is 0.613. The minimum Gasteiger partial charge on any atom is -0.361 e. The summed E-state index contributed by atoms with van der Waals surface area (Å²) in [6.45, 7) is 8.42. The van der Waals surface area contributed by atoms with Gasteiger partial charge in [-0.2, -0.15) is 0 Å². The van der Waals surface area contributed by atoms with Gasteiger partial charge in [0, 0.05) is 17.0 Å². The molecule has 0 amide bonds. The largest absolute Gasteiger partial charge is 0.361 e. The maximum atomic E-state index is 5.42. The predicted molar refractivity (Wildman–Crippen MR) is 106 cm³/mol. The average Bonchev–Trinajstić information content (AvgIpc) is 3.30. The summed E-state index contributed by atoms with van der Waals surface area (Å²) in [6, 6.07) is 4.49. The summed E-state index contributed by atoms with van der Waals surface area (Å²) in [5.41, 5.74) is 8.07. The standard InChI is InChI=1S/C22H27N3O/c1-5-7-15(8-6-2)18-11-17(20-13(3)25-26-14(20)4)12-19-21(18)24-22(23-19)16-9-10-16/h7,11-12,16H,5-6,8-10H2,1-4H3,(H,23,24)/b15-7-. The van der Waals surface area contributed by atoms with E-state index in [1.165, 1.54) is 24.0 Å². The van der Waals surface area contributed by atoms with Crippen LogP contribution < -0.4 is 0 Å². The van der Waals surface area contributed by atoms with E-state index < -0.39 is 0 Å². The fraction of sp³-hybridized carbons (Fsp3) is 0.455. The molecule has 4 rings (SSSR count). The van der Waals surface area contributed by atoms with Gasteiger partial charge in [0.15, 0.2) is 0 Å². The normalized spacial score (nSPS) is 15.2. The van der Waals surface area contributed by atoms with Crippen molar-refractivity contribution in [3.63, 3.8) is 0 Å². The molecule has 0 aliphatic heterocycles. The second-order valence-electron chi connectivity index (χ2n) is 7.40. The number of aromatic amines is 1. The van der Waals surface area contributed by atoms with Crippen molar-refractivity contribution in [2.24, 2.45) is 0 Å². The molecular formula is C22H27N3O. The predicted octanol–water partition coefficient (Wildman–Crippen LogP) is 6.31. The van der Waals surface area contributed by atoms with Crippen LogP contribution in [0.3, 0.4) is 0 Å². The number of aryl methyl sites for hydroxylation is 2. The molecule has 4 heteroatoms. The molecule has 1 aromatic carbocycles. The second-order valence-corrected chi connectivity index (χ2v) is 7.40. The molecule has 1 N–H and O–H groups in total. The monoisotopic (exact) mass is 349 g/mol. The van der Waals surface area contributed by atoms with Crippen molar-refractivity contribution in [2.75, 3.05) is 0 Å². The molecule has 0 radical (unpaired) electrons. The highest BCUT2D eigenvalue weighted by Crippen LogP contribution is 2.41. The fourth-order valence-electron chi connectivity index (χ4n) is 3.83. The van der Waals surface area contributed by atoms with E-state index in [-0.39, 0.29) is 0 Å². The van der Waals surface area contributed by atoms with Crippen molar-refractivity contribution >= 4 is 16.6 Å². The van der Waals surface area contributed by atoms with E-state index in [1.54, 1.807) is 0 Å². The van der Waals surface area contributed by atoms with Gasteiger partial charge in [-0.05, 0) is 62.8 Å². The lowest BCUT2D eigenvalue weighted by Crippen LogP contribution is -1.91. The maximum absolute atomic E-state index is 5.42. The van der Waals surface area contributed by atoms with Gasteiger partial charge in [-0.25, -0.2) is 4.98 Å². The van der Waals surface area contributed by atoms with Crippen LogP contribution in [0.25, 0.3) is 27.7 Å². The summed E-state index contributed by atoms with van der Waals surface area (Å²) in [6.07, 6.45) is 8.08. The number of imidazole rings is 1. The summed E-state index contributed by atoms with van der Waals surface area (Å²) in [5, 5.41) is 4.15. The zero-order valence-electron chi connectivity index (χ0n) is 16.1. The molecule has 1 aliphatic carbocycles. The van der Waals surface area contributed by atoms with Crippen molar-refractivity contribution in [3.8, 4) is 11.1 Å². The first-order valence-corrected chi connectivity index (χ1v) is 9.78. The van der Waals surface area contributed by atoms with Crippen LogP contribution >= 0.6 is 0 Å². The molecule has 2 heterocycles. The third-order valence-corrected chi connectivity index (χ3v) is 5.21. The Bertz CT molecular complexity index is 953. The fourth-order valence-corrected chi connectivity index (χ4v) is 3.83. The number of fused-ring (bicyclic) bond motifs is 1. The van der Waals surface area contributed by atoms with Crippen molar-refractivity contribution in [2.45, 2.75) is 65.7 Å². The summed E-state index contributed by atoms with van der Waals surface area (Å²) in [7, 11) is 0. The smallest absolute Gasteiger partial charge is 0.141 e. The van der Waals surface area contributed by atoms with Crippen molar-refractivity contribution in [1.29, 1.82) is 0 Å². The van der Waals surface area contributed by atoms with Gasteiger partial charge >= 0.3 is 0 Å². The minimum absolute atomic E-state index is 0.613. The van der Waals surface area contributed by atoms with Gasteiger partial charge in [0.2, 0.25) is 0 Å². The molecule has 136 valence electrons. The molecule has 1 fully saturated rings. The average molecular weight is 349 g/mol. The lowest BCUT2D eigenvalue weighted by molar-refractivity contribution is 0.393. The number of nitrogens with zero attached hydrogens (tertiary/aromatic N) is 2. The van der Waals surface area contributed by atoms with Crippen LogP contribution in [-0.2, 0) is 0 Å². The Hall–Kier alpha value is -2.36. The van der Waals surface area contributed by atoms with Crippen LogP contribution in [0.15, 0.2) is 22.7 Å². The van der Waals surface area contributed by atoms with E-state index in [1.807, 2.05) is 13.8 Å². The molecule has 4 nitrogen and oxygen atoms in total. The van der Waals surface area contributed by atoms with Gasteiger partial charge in [-0.3, -0.25) is 0 Å². The zero-order chi connectivity index (χ0) is 18.3. The van der Waals surface area contributed by atoms with Crippen LogP contribution in [0.5, 0.6) is 0 Å². The second kappa shape index (κ2) is 6.75. The van der Waals surface area contributed by atoms with E-state index in [0.29, 0.717) is 5.92 Å². The molecule has 1 saturated carbocycles. The summed E-state index contributed by atoms with van der Waals surface area (Å²) >= 11 is 0. The Balaban J connectivity index is 1.96. The highest BCUT2D eigenvalue weighted by molar-refractivity contribution is 5.94. The lowest BCUT2D eigenvalue weighted by atomic mass is 9.94.